The van der Waals surface area contributed by atoms with Gasteiger partial charge in [-0.3, -0.25) is 9.69 Å². The summed E-state index contributed by atoms with van der Waals surface area (Å²) in [5.74, 6) is -0.0286. The molecule has 0 radical (unpaired) electrons. The van der Waals surface area contributed by atoms with Crippen molar-refractivity contribution in [1.82, 2.24) is 24.7 Å². The molecule has 5 rings (SSSR count). The lowest BCUT2D eigenvalue weighted by Gasteiger charge is -2.41. The third kappa shape index (κ3) is 5.67. The van der Waals surface area contributed by atoms with Gasteiger partial charge in [0.25, 0.3) is 0 Å². The lowest BCUT2D eigenvalue weighted by atomic mass is 9.95. The van der Waals surface area contributed by atoms with Crippen molar-refractivity contribution < 1.29 is 27.9 Å². The third-order valence-electron chi connectivity index (χ3n) is 8.33. The highest BCUT2D eigenvalue weighted by molar-refractivity contribution is 5.77. The van der Waals surface area contributed by atoms with Crippen molar-refractivity contribution in [3.8, 4) is 0 Å². The van der Waals surface area contributed by atoms with Crippen LogP contribution in [0.5, 0.6) is 0 Å². The molecular weight excluding hydrogens is 499 g/mol. The number of carbonyl (C=O) groups is 2. The Balaban J connectivity index is 1.27. The van der Waals surface area contributed by atoms with E-state index in [4.69, 9.17) is 4.98 Å². The zero-order valence-corrected chi connectivity index (χ0v) is 21.5. The van der Waals surface area contributed by atoms with Crippen molar-refractivity contribution in [1.29, 1.82) is 0 Å². The minimum Gasteiger partial charge on any atom is -0.465 e. The summed E-state index contributed by atoms with van der Waals surface area (Å²) in [6.07, 6.45) is -1.91. The van der Waals surface area contributed by atoms with E-state index in [1.54, 1.807) is 0 Å². The van der Waals surface area contributed by atoms with E-state index < -0.39 is 24.6 Å². The number of hydrogen-bond acceptors (Lipinski definition) is 4. The second-order valence-electron chi connectivity index (χ2n) is 10.7. The van der Waals surface area contributed by atoms with Gasteiger partial charge in [-0.05, 0) is 44.6 Å². The zero-order chi connectivity index (χ0) is 27.0. The van der Waals surface area contributed by atoms with Crippen molar-refractivity contribution in [2.24, 2.45) is 0 Å². The Hall–Kier alpha value is -3.08. The van der Waals surface area contributed by atoms with E-state index in [2.05, 4.69) is 14.8 Å². The fourth-order valence-electron chi connectivity index (χ4n) is 6.75. The molecule has 0 saturated carbocycles. The quantitative estimate of drug-likeness (QED) is 0.543. The molecule has 3 atom stereocenters. The van der Waals surface area contributed by atoms with Crippen LogP contribution in [0, 0.1) is 6.92 Å². The first-order valence-electron chi connectivity index (χ1n) is 13.3. The Bertz CT molecular complexity index is 1150. The second-order valence-corrected chi connectivity index (χ2v) is 10.7. The van der Waals surface area contributed by atoms with Crippen LogP contribution in [0.3, 0.4) is 0 Å². The molecule has 0 aliphatic carbocycles. The van der Waals surface area contributed by atoms with Crippen LogP contribution in [0.2, 0.25) is 0 Å². The minimum absolute atomic E-state index is 0.167. The molecule has 2 fully saturated rings. The number of nitrogens with one attached hydrogen (secondary N) is 1. The number of hydrogen-bond donors (Lipinski definition) is 2. The molecule has 2 bridgehead atoms. The fraction of sp³-hybridized carbons (Fsp3) is 0.593. The SMILES string of the molecule is Cc1nc2c(n1C1CC3CCC(C1)N3CC[C@H](NC(=O)O)c1ccccc1)CN(C(=O)CC(F)(F)F)CC2. The topological polar surface area (TPSA) is 90.7 Å². The molecule has 2 aromatic rings. The van der Waals surface area contributed by atoms with Crippen LogP contribution in [-0.2, 0) is 17.8 Å². The summed E-state index contributed by atoms with van der Waals surface area (Å²) in [4.78, 5) is 32.3. The Morgan fingerprint density at radius 1 is 1.13 bits per heavy atom. The molecule has 1 aromatic carbocycles. The average Bonchev–Trinajstić information content (AvgIpc) is 3.31. The van der Waals surface area contributed by atoms with Crippen LogP contribution in [0.15, 0.2) is 30.3 Å². The molecule has 11 heteroatoms. The summed E-state index contributed by atoms with van der Waals surface area (Å²) in [6.45, 7) is 3.15. The Labute approximate surface area is 219 Å². The number of carbonyl (C=O) groups excluding carboxylic acids is 1. The monoisotopic (exact) mass is 533 g/mol. The maximum absolute atomic E-state index is 12.8. The van der Waals surface area contributed by atoms with Crippen LogP contribution >= 0.6 is 0 Å². The molecule has 2 N–H and O–H groups in total. The van der Waals surface area contributed by atoms with Crippen molar-refractivity contribution in [3.63, 3.8) is 0 Å². The first kappa shape index (κ1) is 26.5. The van der Waals surface area contributed by atoms with Gasteiger partial charge < -0.3 is 19.9 Å². The minimum atomic E-state index is -4.51. The summed E-state index contributed by atoms with van der Waals surface area (Å²) in [5, 5.41) is 12.0. The largest absolute Gasteiger partial charge is 0.465 e. The summed E-state index contributed by atoms with van der Waals surface area (Å²) in [5.41, 5.74) is 2.71. The van der Waals surface area contributed by atoms with E-state index in [-0.39, 0.29) is 25.2 Å². The number of piperidine rings is 1. The van der Waals surface area contributed by atoms with Gasteiger partial charge in [-0.1, -0.05) is 30.3 Å². The molecule has 206 valence electrons. The Morgan fingerprint density at radius 3 is 2.45 bits per heavy atom. The predicted octanol–water partition coefficient (Wildman–Crippen LogP) is 4.60. The van der Waals surface area contributed by atoms with Gasteiger partial charge in [-0.2, -0.15) is 13.2 Å². The molecule has 2 unspecified atom stereocenters. The number of aryl methyl sites for hydroxylation is 1. The lowest BCUT2D eigenvalue weighted by Crippen LogP contribution is -2.45. The molecule has 8 nitrogen and oxygen atoms in total. The summed E-state index contributed by atoms with van der Waals surface area (Å²) in [6, 6.07) is 10.2. The summed E-state index contributed by atoms with van der Waals surface area (Å²) in [7, 11) is 0. The first-order chi connectivity index (χ1) is 18.1. The Kier molecular flexibility index (Phi) is 7.39. The number of rotatable bonds is 7. The molecular formula is C27H34F3N5O3. The maximum atomic E-state index is 12.8. The van der Waals surface area contributed by atoms with E-state index in [1.807, 2.05) is 37.3 Å². The number of fused-ring (bicyclic) bond motifs is 3. The zero-order valence-electron chi connectivity index (χ0n) is 21.5. The van der Waals surface area contributed by atoms with Gasteiger partial charge in [-0.15, -0.1) is 0 Å². The van der Waals surface area contributed by atoms with Crippen LogP contribution in [0.4, 0.5) is 18.0 Å². The second kappa shape index (κ2) is 10.6. The number of imidazole rings is 1. The van der Waals surface area contributed by atoms with E-state index in [0.717, 1.165) is 55.0 Å². The maximum Gasteiger partial charge on any atom is 0.405 e. The van der Waals surface area contributed by atoms with Crippen LogP contribution < -0.4 is 5.32 Å². The van der Waals surface area contributed by atoms with E-state index in [9.17, 15) is 27.9 Å². The van der Waals surface area contributed by atoms with Crippen molar-refractivity contribution >= 4 is 12.0 Å². The molecule has 1 aromatic heterocycles. The molecule has 4 heterocycles. The summed E-state index contributed by atoms with van der Waals surface area (Å²) < 4.78 is 40.7. The highest BCUT2D eigenvalue weighted by atomic mass is 19.4. The van der Waals surface area contributed by atoms with Gasteiger partial charge >= 0.3 is 12.3 Å². The van der Waals surface area contributed by atoms with E-state index >= 15 is 0 Å². The normalized spacial score (nSPS) is 24.2. The predicted molar refractivity (Wildman–Crippen MR) is 134 cm³/mol. The molecule has 38 heavy (non-hydrogen) atoms. The van der Waals surface area contributed by atoms with Gasteiger partial charge in [0.15, 0.2) is 0 Å². The van der Waals surface area contributed by atoms with Crippen LogP contribution in [0.25, 0.3) is 0 Å². The fourth-order valence-corrected chi connectivity index (χ4v) is 6.75. The van der Waals surface area contributed by atoms with Gasteiger partial charge in [0, 0.05) is 37.6 Å². The van der Waals surface area contributed by atoms with Gasteiger partial charge in [0.2, 0.25) is 5.91 Å². The van der Waals surface area contributed by atoms with Crippen LogP contribution in [-0.4, -0.2) is 67.8 Å². The van der Waals surface area contributed by atoms with Gasteiger partial charge in [0.05, 0.1) is 24.0 Å². The Morgan fingerprint density at radius 2 is 1.82 bits per heavy atom. The van der Waals surface area contributed by atoms with Gasteiger partial charge in [-0.25, -0.2) is 9.78 Å². The van der Waals surface area contributed by atoms with Crippen molar-refractivity contribution in [2.45, 2.75) is 88.8 Å². The van der Waals surface area contributed by atoms with Crippen molar-refractivity contribution in [3.05, 3.63) is 53.1 Å². The first-order valence-corrected chi connectivity index (χ1v) is 13.3. The van der Waals surface area contributed by atoms with Crippen molar-refractivity contribution in [2.75, 3.05) is 13.1 Å². The third-order valence-corrected chi connectivity index (χ3v) is 8.33. The number of carboxylic acid groups (broad SMARTS) is 1. The number of nitrogens with zero attached hydrogens (tertiary/aromatic N) is 4. The number of benzene rings is 1. The van der Waals surface area contributed by atoms with Crippen LogP contribution in [0.1, 0.15) is 73.4 Å². The molecule has 3 aliphatic rings. The number of halogens is 3. The smallest absolute Gasteiger partial charge is 0.405 e. The summed E-state index contributed by atoms with van der Waals surface area (Å²) >= 11 is 0. The number of aromatic nitrogens is 2. The number of amides is 2. The average molecular weight is 534 g/mol. The standard InChI is InChI=1S/C27H34F3N5O3/c1-17-31-23-9-11-33(25(36)15-27(28,29)30)16-24(23)35(17)21-13-19-7-8-20(14-21)34(19)12-10-22(32-26(37)38)18-5-3-2-4-6-18/h2-6,19-22,32H,7-16H2,1H3,(H,37,38)/t19?,20?,21?,22-/m0/s1. The number of alkyl halides is 3. The van der Waals surface area contributed by atoms with E-state index in [1.165, 1.54) is 4.90 Å². The molecule has 2 amide bonds. The highest BCUT2D eigenvalue weighted by Crippen LogP contribution is 2.43. The van der Waals surface area contributed by atoms with E-state index in [0.29, 0.717) is 24.9 Å². The molecule has 0 spiro atoms. The molecule has 3 aliphatic heterocycles. The molecule has 2 saturated heterocycles. The van der Waals surface area contributed by atoms with Gasteiger partial charge in [0.1, 0.15) is 12.2 Å². The lowest BCUT2D eigenvalue weighted by molar-refractivity contribution is -0.162. The highest BCUT2D eigenvalue weighted by Gasteiger charge is 2.43.